The molecule has 0 atom stereocenters. The molecule has 1 heterocycles. The lowest BCUT2D eigenvalue weighted by molar-refractivity contribution is 0.0697. The highest BCUT2D eigenvalue weighted by molar-refractivity contribution is 5.89. The van der Waals surface area contributed by atoms with Crippen LogP contribution in [0.4, 0.5) is 8.78 Å². The van der Waals surface area contributed by atoms with E-state index in [0.717, 1.165) is 18.2 Å². The zero-order chi connectivity index (χ0) is 15.7. The first kappa shape index (κ1) is 13.9. The summed E-state index contributed by atoms with van der Waals surface area (Å²) in [6.45, 7) is 0. The van der Waals surface area contributed by atoms with Gasteiger partial charge in [0.05, 0.1) is 5.56 Å². The molecule has 1 aromatic heterocycles. The van der Waals surface area contributed by atoms with Crippen LogP contribution in [0.2, 0.25) is 0 Å². The number of carboxylic acid groups (broad SMARTS) is 1. The monoisotopic (exact) mass is 302 g/mol. The van der Waals surface area contributed by atoms with Gasteiger partial charge in [-0.2, -0.15) is 4.98 Å². The lowest BCUT2D eigenvalue weighted by Gasteiger charge is -1.97. The summed E-state index contributed by atoms with van der Waals surface area (Å²) in [6.07, 6.45) is 0. The van der Waals surface area contributed by atoms with Crippen molar-refractivity contribution in [1.82, 2.24) is 10.1 Å². The minimum Gasteiger partial charge on any atom is -0.478 e. The van der Waals surface area contributed by atoms with Gasteiger partial charge in [0.1, 0.15) is 11.6 Å². The van der Waals surface area contributed by atoms with Crippen LogP contribution in [-0.4, -0.2) is 21.2 Å². The van der Waals surface area contributed by atoms with Gasteiger partial charge in [0.15, 0.2) is 0 Å². The Bertz CT molecular complexity index is 841. The van der Waals surface area contributed by atoms with E-state index in [1.807, 2.05) is 0 Å². The molecule has 0 radical (unpaired) electrons. The first-order valence-electron chi connectivity index (χ1n) is 6.17. The molecule has 0 saturated carbocycles. The van der Waals surface area contributed by atoms with Crippen LogP contribution in [0.25, 0.3) is 22.8 Å². The molecule has 0 spiro atoms. The molecule has 0 aliphatic heterocycles. The van der Waals surface area contributed by atoms with E-state index in [-0.39, 0.29) is 22.8 Å². The highest BCUT2D eigenvalue weighted by Gasteiger charge is 2.14. The molecule has 5 nitrogen and oxygen atoms in total. The van der Waals surface area contributed by atoms with E-state index < -0.39 is 17.6 Å². The molecule has 0 aliphatic rings. The summed E-state index contributed by atoms with van der Waals surface area (Å²) in [5.74, 6) is -2.54. The number of hydrogen-bond acceptors (Lipinski definition) is 4. The maximum absolute atomic E-state index is 13.2. The highest BCUT2D eigenvalue weighted by Crippen LogP contribution is 2.24. The fourth-order valence-electron chi connectivity index (χ4n) is 1.93. The second-order valence-corrected chi connectivity index (χ2v) is 4.47. The number of halogens is 2. The van der Waals surface area contributed by atoms with Crippen LogP contribution in [0.1, 0.15) is 10.4 Å². The highest BCUT2D eigenvalue weighted by atomic mass is 19.1. The van der Waals surface area contributed by atoms with Gasteiger partial charge in [-0.25, -0.2) is 13.6 Å². The Morgan fingerprint density at radius 3 is 2.45 bits per heavy atom. The van der Waals surface area contributed by atoms with Crippen LogP contribution < -0.4 is 0 Å². The zero-order valence-electron chi connectivity index (χ0n) is 11.0. The number of benzene rings is 2. The van der Waals surface area contributed by atoms with Crippen molar-refractivity contribution in [2.24, 2.45) is 0 Å². The Morgan fingerprint density at radius 1 is 1.05 bits per heavy atom. The summed E-state index contributed by atoms with van der Waals surface area (Å²) >= 11 is 0. The molecule has 0 aliphatic carbocycles. The maximum atomic E-state index is 13.2. The summed E-state index contributed by atoms with van der Waals surface area (Å²) in [6, 6.07) is 8.81. The van der Waals surface area contributed by atoms with Gasteiger partial charge < -0.3 is 9.63 Å². The maximum Gasteiger partial charge on any atom is 0.335 e. The predicted octanol–water partition coefficient (Wildman–Crippen LogP) is 3.38. The van der Waals surface area contributed by atoms with Crippen LogP contribution in [0.5, 0.6) is 0 Å². The lowest BCUT2D eigenvalue weighted by Crippen LogP contribution is -1.96. The van der Waals surface area contributed by atoms with Crippen molar-refractivity contribution < 1.29 is 23.2 Å². The third-order valence-electron chi connectivity index (χ3n) is 2.90. The first-order valence-corrected chi connectivity index (χ1v) is 6.17. The molecule has 2 aromatic carbocycles. The number of aromatic carboxylic acids is 1. The molecule has 110 valence electrons. The summed E-state index contributed by atoms with van der Waals surface area (Å²) in [5, 5.41) is 12.7. The van der Waals surface area contributed by atoms with E-state index in [1.165, 1.54) is 18.2 Å². The summed E-state index contributed by atoms with van der Waals surface area (Å²) in [7, 11) is 0. The van der Waals surface area contributed by atoms with Gasteiger partial charge in [0.25, 0.3) is 5.89 Å². The Morgan fingerprint density at radius 2 is 1.77 bits per heavy atom. The number of aromatic nitrogens is 2. The largest absolute Gasteiger partial charge is 0.478 e. The molecule has 0 amide bonds. The van der Waals surface area contributed by atoms with E-state index in [9.17, 15) is 13.6 Å². The van der Waals surface area contributed by atoms with Crippen molar-refractivity contribution >= 4 is 5.97 Å². The molecule has 7 heteroatoms. The molecule has 0 fully saturated rings. The van der Waals surface area contributed by atoms with Crippen LogP contribution in [0.15, 0.2) is 47.0 Å². The number of hydrogen-bond donors (Lipinski definition) is 1. The lowest BCUT2D eigenvalue weighted by atomic mass is 10.1. The molecule has 3 aromatic rings. The molecule has 0 saturated heterocycles. The number of nitrogens with zero attached hydrogens (tertiary/aromatic N) is 2. The van der Waals surface area contributed by atoms with Crippen molar-refractivity contribution in [3.05, 3.63) is 59.7 Å². The molecule has 0 unspecified atom stereocenters. The van der Waals surface area contributed by atoms with Gasteiger partial charge in [-0.15, -0.1) is 0 Å². The van der Waals surface area contributed by atoms with Crippen LogP contribution in [0.3, 0.4) is 0 Å². The average Bonchev–Trinajstić information content (AvgIpc) is 2.96. The summed E-state index contributed by atoms with van der Waals surface area (Å²) in [4.78, 5) is 15.0. The van der Waals surface area contributed by atoms with Crippen molar-refractivity contribution in [3.8, 4) is 22.8 Å². The Balaban J connectivity index is 2.00. The van der Waals surface area contributed by atoms with Gasteiger partial charge in [-0.1, -0.05) is 17.3 Å². The minimum atomic E-state index is -1.09. The van der Waals surface area contributed by atoms with Gasteiger partial charge in [-0.05, 0) is 24.3 Å². The van der Waals surface area contributed by atoms with Crippen molar-refractivity contribution in [2.45, 2.75) is 0 Å². The molecule has 22 heavy (non-hydrogen) atoms. The van der Waals surface area contributed by atoms with Gasteiger partial charge in [0.2, 0.25) is 5.82 Å². The first-order chi connectivity index (χ1) is 10.5. The molecule has 1 N–H and O–H groups in total. The van der Waals surface area contributed by atoms with Crippen molar-refractivity contribution in [1.29, 1.82) is 0 Å². The van der Waals surface area contributed by atoms with Crippen molar-refractivity contribution in [3.63, 3.8) is 0 Å². The van der Waals surface area contributed by atoms with E-state index >= 15 is 0 Å². The Labute approximate surface area is 122 Å². The topological polar surface area (TPSA) is 76.2 Å². The minimum absolute atomic E-state index is 0.0610. The van der Waals surface area contributed by atoms with Crippen LogP contribution >= 0.6 is 0 Å². The second kappa shape index (κ2) is 5.36. The van der Waals surface area contributed by atoms with Crippen molar-refractivity contribution in [2.75, 3.05) is 0 Å². The average molecular weight is 302 g/mol. The third kappa shape index (κ3) is 2.69. The SMILES string of the molecule is O=C(O)c1cccc(-c2noc(-c3cc(F)cc(F)c3)n2)c1. The predicted molar refractivity (Wildman–Crippen MR) is 72.0 cm³/mol. The van der Waals surface area contributed by atoms with Gasteiger partial charge in [-0.3, -0.25) is 0 Å². The Hall–Kier alpha value is -3.09. The van der Waals surface area contributed by atoms with Crippen LogP contribution in [-0.2, 0) is 0 Å². The molecule has 0 bridgehead atoms. The number of carboxylic acids is 1. The summed E-state index contributed by atoms with van der Waals surface area (Å²) < 4.78 is 31.4. The van der Waals surface area contributed by atoms with E-state index in [1.54, 1.807) is 6.07 Å². The second-order valence-electron chi connectivity index (χ2n) is 4.47. The number of carbonyl (C=O) groups is 1. The fraction of sp³-hybridized carbons (Fsp3) is 0. The quantitative estimate of drug-likeness (QED) is 0.802. The normalized spacial score (nSPS) is 10.6. The number of rotatable bonds is 3. The molecular formula is C15H8F2N2O3. The van der Waals surface area contributed by atoms with Gasteiger partial charge in [0, 0.05) is 17.2 Å². The molecular weight excluding hydrogens is 294 g/mol. The smallest absolute Gasteiger partial charge is 0.335 e. The third-order valence-corrected chi connectivity index (χ3v) is 2.90. The van der Waals surface area contributed by atoms with E-state index in [4.69, 9.17) is 9.63 Å². The van der Waals surface area contributed by atoms with E-state index in [2.05, 4.69) is 10.1 Å². The standard InChI is InChI=1S/C15H8F2N2O3/c16-11-5-10(6-12(17)7-11)14-18-13(19-22-14)8-2-1-3-9(4-8)15(20)21/h1-7H,(H,20,21). The van der Waals surface area contributed by atoms with Crippen LogP contribution in [0, 0.1) is 11.6 Å². The van der Waals surface area contributed by atoms with E-state index in [0.29, 0.717) is 5.56 Å². The zero-order valence-corrected chi connectivity index (χ0v) is 11.0. The van der Waals surface area contributed by atoms with Gasteiger partial charge >= 0.3 is 5.97 Å². The summed E-state index contributed by atoms with van der Waals surface area (Å²) in [5.41, 5.74) is 0.595. The fourth-order valence-corrected chi connectivity index (χ4v) is 1.93. The Kier molecular flexibility index (Phi) is 3.38. The molecule has 3 rings (SSSR count).